The molecule has 1 amide bonds. The molecule has 0 aliphatic heterocycles. The zero-order valence-electron chi connectivity index (χ0n) is 18.3. The number of carbonyl (C=O) groups excluding carboxylic acids is 2. The van der Waals surface area contributed by atoms with Crippen LogP contribution in [0.5, 0.6) is 5.75 Å². The SMILES string of the molecule is CCOC(=O)c1cnn(-c2cc(C)c3ccccc3n2)c1NC(=O)COc1ccc(Cl)cc1Cl. The van der Waals surface area contributed by atoms with Gasteiger partial charge in [-0.3, -0.25) is 4.79 Å². The van der Waals surface area contributed by atoms with E-state index in [9.17, 15) is 9.59 Å². The normalized spacial score (nSPS) is 10.8. The molecule has 4 rings (SSSR count). The van der Waals surface area contributed by atoms with Crippen LogP contribution < -0.4 is 10.1 Å². The number of esters is 1. The number of halogens is 2. The number of fused-ring (bicyclic) bond motifs is 1. The van der Waals surface area contributed by atoms with E-state index in [4.69, 9.17) is 32.7 Å². The summed E-state index contributed by atoms with van der Waals surface area (Å²) in [6.45, 7) is 3.45. The maximum Gasteiger partial charge on any atom is 0.343 e. The van der Waals surface area contributed by atoms with Crippen molar-refractivity contribution in [2.45, 2.75) is 13.8 Å². The number of para-hydroxylation sites is 1. The Morgan fingerprint density at radius 3 is 2.68 bits per heavy atom. The van der Waals surface area contributed by atoms with Crippen molar-refractivity contribution in [3.63, 3.8) is 0 Å². The number of aromatic nitrogens is 3. The van der Waals surface area contributed by atoms with Gasteiger partial charge >= 0.3 is 5.97 Å². The van der Waals surface area contributed by atoms with E-state index in [1.807, 2.05) is 37.3 Å². The first-order valence-corrected chi connectivity index (χ1v) is 11.1. The molecule has 0 bridgehead atoms. The molecule has 0 unspecified atom stereocenters. The Bertz CT molecular complexity index is 1390. The van der Waals surface area contributed by atoms with Gasteiger partial charge in [0.05, 0.1) is 23.3 Å². The number of carbonyl (C=O) groups is 2. The quantitative estimate of drug-likeness (QED) is 0.350. The van der Waals surface area contributed by atoms with Gasteiger partial charge in [0.2, 0.25) is 0 Å². The van der Waals surface area contributed by atoms with E-state index in [0.29, 0.717) is 16.6 Å². The predicted molar refractivity (Wildman–Crippen MR) is 130 cm³/mol. The highest BCUT2D eigenvalue weighted by molar-refractivity contribution is 6.35. The van der Waals surface area contributed by atoms with Crippen molar-refractivity contribution in [2.75, 3.05) is 18.5 Å². The summed E-state index contributed by atoms with van der Waals surface area (Å²) in [4.78, 5) is 29.9. The molecular weight excluding hydrogens is 479 g/mol. The number of nitrogens with zero attached hydrogens (tertiary/aromatic N) is 3. The predicted octanol–water partition coefficient (Wildman–Crippen LogP) is 5.23. The van der Waals surface area contributed by atoms with Crippen LogP contribution in [0.15, 0.2) is 54.7 Å². The maximum absolute atomic E-state index is 12.7. The van der Waals surface area contributed by atoms with E-state index in [1.54, 1.807) is 19.1 Å². The standard InChI is InChI=1S/C24H20Cl2N4O4/c1-3-33-24(32)17-12-27-30(21-10-14(2)16-6-4-5-7-19(16)28-21)23(17)29-22(31)13-34-20-9-8-15(25)11-18(20)26/h4-12H,3,13H2,1-2H3,(H,29,31). The van der Waals surface area contributed by atoms with Crippen molar-refractivity contribution in [2.24, 2.45) is 0 Å². The molecule has 34 heavy (non-hydrogen) atoms. The largest absolute Gasteiger partial charge is 0.482 e. The van der Waals surface area contributed by atoms with Crippen molar-refractivity contribution in [3.05, 3.63) is 75.9 Å². The number of benzene rings is 2. The monoisotopic (exact) mass is 498 g/mol. The fourth-order valence-electron chi connectivity index (χ4n) is 3.34. The van der Waals surface area contributed by atoms with Gasteiger partial charge in [-0.1, -0.05) is 41.4 Å². The molecule has 4 aromatic rings. The van der Waals surface area contributed by atoms with Gasteiger partial charge in [-0.2, -0.15) is 9.78 Å². The Morgan fingerprint density at radius 2 is 1.91 bits per heavy atom. The summed E-state index contributed by atoms with van der Waals surface area (Å²) in [5.74, 6) is -0.300. The van der Waals surface area contributed by atoms with Gasteiger partial charge in [-0.25, -0.2) is 9.78 Å². The minimum absolute atomic E-state index is 0.0901. The van der Waals surface area contributed by atoms with Crippen molar-refractivity contribution in [1.29, 1.82) is 0 Å². The zero-order chi connectivity index (χ0) is 24.2. The number of rotatable bonds is 7. The number of pyridine rings is 1. The average Bonchev–Trinajstić information content (AvgIpc) is 3.22. The van der Waals surface area contributed by atoms with Gasteiger partial charge in [-0.15, -0.1) is 0 Å². The van der Waals surface area contributed by atoms with E-state index in [0.717, 1.165) is 16.5 Å². The second-order valence-electron chi connectivity index (χ2n) is 7.27. The first-order valence-electron chi connectivity index (χ1n) is 10.4. The zero-order valence-corrected chi connectivity index (χ0v) is 19.9. The van der Waals surface area contributed by atoms with Crippen molar-refractivity contribution in [3.8, 4) is 11.6 Å². The second kappa shape index (κ2) is 10.1. The summed E-state index contributed by atoms with van der Waals surface area (Å²) in [5.41, 5.74) is 1.81. The molecule has 8 nitrogen and oxygen atoms in total. The Hall–Kier alpha value is -3.62. The lowest BCUT2D eigenvalue weighted by molar-refractivity contribution is -0.118. The molecule has 0 saturated carbocycles. The Kier molecular flexibility index (Phi) is 7.00. The highest BCUT2D eigenvalue weighted by atomic mass is 35.5. The summed E-state index contributed by atoms with van der Waals surface area (Å²) in [6, 6.07) is 14.2. The van der Waals surface area contributed by atoms with Crippen LogP contribution >= 0.6 is 23.2 Å². The summed E-state index contributed by atoms with van der Waals surface area (Å²) in [7, 11) is 0. The van der Waals surface area contributed by atoms with Gasteiger partial charge < -0.3 is 14.8 Å². The topological polar surface area (TPSA) is 95.3 Å². The first kappa shape index (κ1) is 23.5. The number of hydrogen-bond acceptors (Lipinski definition) is 6. The Morgan fingerprint density at radius 1 is 1.12 bits per heavy atom. The maximum atomic E-state index is 12.7. The minimum Gasteiger partial charge on any atom is -0.482 e. The van der Waals surface area contributed by atoms with Crippen molar-refractivity contribution in [1.82, 2.24) is 14.8 Å². The van der Waals surface area contributed by atoms with Gasteiger partial charge in [0.1, 0.15) is 11.3 Å². The van der Waals surface area contributed by atoms with E-state index in [2.05, 4.69) is 15.4 Å². The molecule has 1 N–H and O–H groups in total. The minimum atomic E-state index is -0.622. The van der Waals surface area contributed by atoms with Gasteiger partial charge in [0, 0.05) is 10.4 Å². The lowest BCUT2D eigenvalue weighted by atomic mass is 10.1. The van der Waals surface area contributed by atoms with Crippen LogP contribution in [0.4, 0.5) is 5.82 Å². The molecule has 174 valence electrons. The van der Waals surface area contributed by atoms with Gasteiger partial charge in [0.15, 0.2) is 18.2 Å². The molecule has 0 fully saturated rings. The first-order chi connectivity index (χ1) is 16.4. The molecule has 0 spiro atoms. The highest BCUT2D eigenvalue weighted by Gasteiger charge is 2.23. The molecule has 0 saturated heterocycles. The van der Waals surface area contributed by atoms with E-state index in [1.165, 1.54) is 16.9 Å². The van der Waals surface area contributed by atoms with Crippen molar-refractivity contribution >= 4 is 51.8 Å². The van der Waals surface area contributed by atoms with E-state index < -0.39 is 11.9 Å². The van der Waals surface area contributed by atoms with Crippen LogP contribution in [0.3, 0.4) is 0 Å². The number of amides is 1. The van der Waals surface area contributed by atoms with Crippen LogP contribution in [0.2, 0.25) is 10.0 Å². The number of ether oxygens (including phenoxy) is 2. The van der Waals surface area contributed by atoms with E-state index in [-0.39, 0.29) is 29.6 Å². The molecule has 2 heterocycles. The molecule has 10 heteroatoms. The molecule has 0 radical (unpaired) electrons. The lowest BCUT2D eigenvalue weighted by Gasteiger charge is -2.13. The molecule has 0 aliphatic rings. The molecule has 2 aromatic carbocycles. The molecule has 0 aliphatic carbocycles. The fraction of sp³-hybridized carbons (Fsp3) is 0.167. The average molecular weight is 499 g/mol. The highest BCUT2D eigenvalue weighted by Crippen LogP contribution is 2.28. The van der Waals surface area contributed by atoms with Gasteiger partial charge in [-0.05, 0) is 49.7 Å². The van der Waals surface area contributed by atoms with Crippen LogP contribution in [0.25, 0.3) is 16.7 Å². The van der Waals surface area contributed by atoms with Crippen LogP contribution in [0.1, 0.15) is 22.8 Å². The van der Waals surface area contributed by atoms with Crippen LogP contribution in [-0.2, 0) is 9.53 Å². The Balaban J connectivity index is 1.65. The smallest absolute Gasteiger partial charge is 0.343 e. The number of nitrogens with one attached hydrogen (secondary N) is 1. The van der Waals surface area contributed by atoms with Gasteiger partial charge in [0.25, 0.3) is 5.91 Å². The van der Waals surface area contributed by atoms with Crippen molar-refractivity contribution < 1.29 is 19.1 Å². The second-order valence-corrected chi connectivity index (χ2v) is 8.11. The lowest BCUT2D eigenvalue weighted by Crippen LogP contribution is -2.23. The van der Waals surface area contributed by atoms with Crippen LogP contribution in [-0.4, -0.2) is 39.9 Å². The fourth-order valence-corrected chi connectivity index (χ4v) is 3.81. The number of anilines is 1. The third kappa shape index (κ3) is 4.98. The number of hydrogen-bond donors (Lipinski definition) is 1. The summed E-state index contributed by atoms with van der Waals surface area (Å²) < 4.78 is 12.0. The third-order valence-electron chi connectivity index (χ3n) is 4.90. The summed E-state index contributed by atoms with van der Waals surface area (Å²) >= 11 is 12.0. The Labute approximate surface area is 205 Å². The molecule has 0 atom stereocenters. The molecule has 2 aromatic heterocycles. The summed E-state index contributed by atoms with van der Waals surface area (Å²) in [5, 5.41) is 8.69. The van der Waals surface area contributed by atoms with E-state index >= 15 is 0 Å². The third-order valence-corrected chi connectivity index (χ3v) is 5.43. The number of aryl methyl sites for hydroxylation is 1. The molecular formula is C24H20Cl2N4O4. The van der Waals surface area contributed by atoms with Crippen LogP contribution in [0, 0.1) is 6.92 Å². The summed E-state index contributed by atoms with van der Waals surface area (Å²) in [6.07, 6.45) is 1.33.